The summed E-state index contributed by atoms with van der Waals surface area (Å²) in [4.78, 5) is 13.0. The Morgan fingerprint density at radius 3 is 2.66 bits per heavy atom. The van der Waals surface area contributed by atoms with Gasteiger partial charge in [0.15, 0.2) is 11.3 Å². The number of hydrogen-bond donors (Lipinski definition) is 5. The largest absolute Gasteiger partial charge is 0.490 e. The second-order valence-electron chi connectivity index (χ2n) is 7.33. The highest BCUT2D eigenvalue weighted by molar-refractivity contribution is 7.95. The van der Waals surface area contributed by atoms with Gasteiger partial charge in [-0.1, -0.05) is 18.2 Å². The van der Waals surface area contributed by atoms with Crippen molar-refractivity contribution in [2.75, 3.05) is 33.9 Å². The first-order chi connectivity index (χ1) is 16.8. The van der Waals surface area contributed by atoms with E-state index in [1.54, 1.807) is 22.5 Å². The fraction of sp³-hybridized carbons (Fsp3) is 0.360. The van der Waals surface area contributed by atoms with Crippen LogP contribution in [0.25, 0.3) is 11.0 Å². The number of hydrogen-bond acceptors (Lipinski definition) is 8. The highest BCUT2D eigenvalue weighted by Gasteiger charge is 2.23. The lowest BCUT2D eigenvalue weighted by Gasteiger charge is -2.20. The number of allylic oxidation sites excluding steroid dienone is 1. The van der Waals surface area contributed by atoms with Crippen LogP contribution in [0.4, 0.5) is 0 Å². The molecule has 10 heteroatoms. The summed E-state index contributed by atoms with van der Waals surface area (Å²) >= 11 is 1.19. The summed E-state index contributed by atoms with van der Waals surface area (Å²) in [6.07, 6.45) is 5.70. The third kappa shape index (κ3) is 9.25. The number of carbonyl (C=O) groups is 1. The molecule has 35 heavy (non-hydrogen) atoms. The number of nitrogens with zero attached hydrogens (tertiary/aromatic N) is 1. The molecule has 0 aliphatic carbocycles. The van der Waals surface area contributed by atoms with Crippen LogP contribution in [-0.2, 0) is 11.2 Å². The van der Waals surface area contributed by atoms with Crippen molar-refractivity contribution in [3.8, 4) is 5.75 Å². The van der Waals surface area contributed by atoms with E-state index in [4.69, 9.17) is 20.3 Å². The number of furan rings is 1. The Morgan fingerprint density at radius 1 is 1.37 bits per heavy atom. The quantitative estimate of drug-likeness (QED) is 0.0921. The second kappa shape index (κ2) is 15.8. The maximum absolute atomic E-state index is 13.0. The first-order valence-corrected chi connectivity index (χ1v) is 11.9. The van der Waals surface area contributed by atoms with Crippen molar-refractivity contribution in [1.29, 1.82) is 5.41 Å². The molecule has 0 aliphatic heterocycles. The van der Waals surface area contributed by atoms with Crippen LogP contribution < -0.4 is 20.5 Å². The van der Waals surface area contributed by atoms with Crippen LogP contribution in [0.2, 0.25) is 0 Å². The van der Waals surface area contributed by atoms with Gasteiger partial charge < -0.3 is 20.0 Å². The van der Waals surface area contributed by atoms with Crippen molar-refractivity contribution in [3.63, 3.8) is 0 Å². The van der Waals surface area contributed by atoms with Crippen LogP contribution in [0.15, 0.2) is 59.6 Å². The number of carbonyl (C=O) groups excluding carboxylic acids is 1. The molecule has 2 rings (SSSR count). The van der Waals surface area contributed by atoms with Gasteiger partial charge in [0.1, 0.15) is 17.6 Å². The number of ether oxygens (including phenoxy) is 1. The highest BCUT2D eigenvalue weighted by atomic mass is 32.2. The minimum absolute atomic E-state index is 0.0177. The summed E-state index contributed by atoms with van der Waals surface area (Å²) in [5.74, 6) is 0.947. The zero-order valence-corrected chi connectivity index (χ0v) is 21.7. The van der Waals surface area contributed by atoms with E-state index in [1.807, 2.05) is 46.2 Å². The summed E-state index contributed by atoms with van der Waals surface area (Å²) in [7, 11) is 3.67. The zero-order chi connectivity index (χ0) is 26.4. The molecular formula is C25H37N5O4S. The fourth-order valence-corrected chi connectivity index (χ4v) is 3.52. The SMILES string of the molecule is C/C=C(\C=C/CNC(C(=O)NSN(C)C)c1cc(OCC)c2oc(CCO)cc2c1)C(=N)N.C=C. The number of benzene rings is 1. The van der Waals surface area contributed by atoms with E-state index in [0.717, 1.165) is 5.39 Å². The fourth-order valence-electron chi connectivity index (χ4n) is 3.13. The predicted molar refractivity (Wildman–Crippen MR) is 144 cm³/mol. The van der Waals surface area contributed by atoms with Gasteiger partial charge in [0.2, 0.25) is 0 Å². The lowest BCUT2D eigenvalue weighted by molar-refractivity contribution is -0.121. The molecule has 0 radical (unpaired) electrons. The van der Waals surface area contributed by atoms with Gasteiger partial charge in [-0.2, -0.15) is 0 Å². The topological polar surface area (TPSA) is 137 Å². The molecule has 6 N–H and O–H groups in total. The Bertz CT molecular complexity index is 1030. The molecule has 1 aromatic heterocycles. The van der Waals surface area contributed by atoms with Crippen LogP contribution in [0.1, 0.15) is 31.2 Å². The third-order valence-electron chi connectivity index (χ3n) is 4.60. The van der Waals surface area contributed by atoms with Gasteiger partial charge in [-0.3, -0.25) is 20.2 Å². The van der Waals surface area contributed by atoms with Crippen molar-refractivity contribution >= 4 is 34.8 Å². The smallest absolute Gasteiger partial charge is 0.252 e. The molecule has 0 bridgehead atoms. The first-order valence-electron chi connectivity index (χ1n) is 11.1. The number of amides is 1. The van der Waals surface area contributed by atoms with E-state index in [0.29, 0.717) is 47.8 Å². The Labute approximate surface area is 211 Å². The number of aliphatic hydroxyl groups excluding tert-OH is 1. The Hall–Kier alpha value is -3.05. The van der Waals surface area contributed by atoms with Gasteiger partial charge >= 0.3 is 0 Å². The predicted octanol–water partition coefficient (Wildman–Crippen LogP) is 3.48. The van der Waals surface area contributed by atoms with E-state index in [1.165, 1.54) is 12.1 Å². The molecule has 0 spiro atoms. The average molecular weight is 504 g/mol. The van der Waals surface area contributed by atoms with Gasteiger partial charge in [0.05, 0.1) is 13.2 Å². The van der Waals surface area contributed by atoms with Gasteiger partial charge in [-0.05, 0) is 51.7 Å². The summed E-state index contributed by atoms with van der Waals surface area (Å²) in [5, 5.41) is 20.9. The average Bonchev–Trinajstić information content (AvgIpc) is 3.24. The van der Waals surface area contributed by atoms with Crippen molar-refractivity contribution in [1.82, 2.24) is 14.3 Å². The van der Waals surface area contributed by atoms with Crippen molar-refractivity contribution in [2.24, 2.45) is 5.73 Å². The molecule has 9 nitrogen and oxygen atoms in total. The molecule has 1 aromatic carbocycles. The Morgan fingerprint density at radius 2 is 2.09 bits per heavy atom. The number of nitrogens with two attached hydrogens (primary N) is 1. The Balaban J connectivity index is 0.00000298. The van der Waals surface area contributed by atoms with Crippen LogP contribution in [0.5, 0.6) is 5.75 Å². The summed E-state index contributed by atoms with van der Waals surface area (Å²) in [6, 6.07) is 4.86. The monoisotopic (exact) mass is 503 g/mol. The van der Waals surface area contributed by atoms with Crippen LogP contribution in [0.3, 0.4) is 0 Å². The maximum atomic E-state index is 13.0. The van der Waals surface area contributed by atoms with E-state index in [9.17, 15) is 9.90 Å². The van der Waals surface area contributed by atoms with E-state index < -0.39 is 6.04 Å². The number of fused-ring (bicyclic) bond motifs is 1. The normalized spacial score (nSPS) is 12.5. The lowest BCUT2D eigenvalue weighted by Crippen LogP contribution is -2.36. The third-order valence-corrected chi connectivity index (χ3v) is 5.25. The Kier molecular flexibility index (Phi) is 13.5. The van der Waals surface area contributed by atoms with E-state index in [-0.39, 0.29) is 18.3 Å². The van der Waals surface area contributed by atoms with E-state index in [2.05, 4.69) is 23.2 Å². The summed E-state index contributed by atoms with van der Waals surface area (Å²) < 4.78 is 16.3. The summed E-state index contributed by atoms with van der Waals surface area (Å²) in [6.45, 7) is 10.5. The lowest BCUT2D eigenvalue weighted by atomic mass is 10.0. The van der Waals surface area contributed by atoms with E-state index >= 15 is 0 Å². The number of amidine groups is 1. The standard InChI is InChI=1S/C23H33N5O4S.C2H4/c1-5-15(22(24)25)8-7-10-26-20(23(30)27-33-28(3)4)16-12-17-13-18(9-11-29)32-21(17)19(14-16)31-6-2;1-2/h5,7-8,12-14,20,26,29H,6,9-11H2,1-4H3,(H3,24,25)(H,27,30);1-2H2/b8-7-,15-5+;. The number of nitrogens with one attached hydrogen (secondary N) is 3. The molecule has 1 unspecified atom stereocenters. The highest BCUT2D eigenvalue weighted by Crippen LogP contribution is 2.33. The molecule has 0 saturated carbocycles. The maximum Gasteiger partial charge on any atom is 0.252 e. The van der Waals surface area contributed by atoms with Gasteiger partial charge in [-0.25, -0.2) is 4.31 Å². The van der Waals surface area contributed by atoms with Crippen molar-refractivity contribution in [2.45, 2.75) is 26.3 Å². The molecule has 2 aromatic rings. The minimum Gasteiger partial charge on any atom is -0.490 e. The molecule has 1 heterocycles. The molecule has 1 amide bonds. The van der Waals surface area contributed by atoms with Crippen molar-refractivity contribution < 1.29 is 19.1 Å². The molecule has 0 aliphatic rings. The molecule has 0 fully saturated rings. The first kappa shape index (κ1) is 30.0. The van der Waals surface area contributed by atoms with Crippen molar-refractivity contribution in [3.05, 3.63) is 66.5 Å². The van der Waals surface area contributed by atoms with Crippen LogP contribution >= 0.6 is 12.1 Å². The summed E-state index contributed by atoms with van der Waals surface area (Å²) in [5.41, 5.74) is 7.46. The molecule has 192 valence electrons. The molecular weight excluding hydrogens is 466 g/mol. The molecule has 1 atom stereocenters. The van der Waals surface area contributed by atoms with Gasteiger partial charge in [-0.15, -0.1) is 13.2 Å². The number of rotatable bonds is 13. The molecule has 0 saturated heterocycles. The van der Waals surface area contributed by atoms with Crippen LogP contribution in [-0.4, -0.2) is 55.0 Å². The zero-order valence-electron chi connectivity index (χ0n) is 20.9. The van der Waals surface area contributed by atoms with Gasteiger partial charge in [0.25, 0.3) is 5.91 Å². The van der Waals surface area contributed by atoms with Crippen LogP contribution in [0, 0.1) is 5.41 Å². The number of aliphatic hydroxyl groups is 1. The minimum atomic E-state index is -0.673. The van der Waals surface area contributed by atoms with Gasteiger partial charge in [0, 0.05) is 36.1 Å². The second-order valence-corrected chi connectivity index (χ2v) is 8.45.